The second-order valence-electron chi connectivity index (χ2n) is 10.3. The molecule has 3 rings (SSSR count). The number of ether oxygens (including phenoxy) is 2. The van der Waals surface area contributed by atoms with Crippen LogP contribution in [-0.2, 0) is 18.3 Å². The number of thiazole rings is 1. The topological polar surface area (TPSA) is 51.4 Å². The zero-order valence-electron chi connectivity index (χ0n) is 24.2. The Kier molecular flexibility index (Phi) is 13.9. The third-order valence-corrected chi connectivity index (χ3v) is 8.08. The first-order valence-corrected chi connectivity index (χ1v) is 15.6. The molecule has 3 aromatic rings. The normalized spacial score (nSPS) is 10.9. The van der Waals surface area contributed by atoms with Crippen LogP contribution in [0.2, 0.25) is 0 Å². The van der Waals surface area contributed by atoms with E-state index in [0.29, 0.717) is 18.1 Å². The largest absolute Gasteiger partial charge is 0.493 e. The van der Waals surface area contributed by atoms with Crippen LogP contribution in [0.1, 0.15) is 89.5 Å². The highest BCUT2D eigenvalue weighted by Crippen LogP contribution is 2.33. The van der Waals surface area contributed by atoms with Crippen molar-refractivity contribution >= 4 is 22.9 Å². The van der Waals surface area contributed by atoms with Gasteiger partial charge in [0.1, 0.15) is 7.05 Å². The molecule has 0 saturated heterocycles. The van der Waals surface area contributed by atoms with Gasteiger partial charge in [-0.05, 0) is 24.6 Å². The number of nitrogens with one attached hydrogen (secondary N) is 1. The van der Waals surface area contributed by atoms with Gasteiger partial charge in [-0.15, -0.1) is 0 Å². The maximum absolute atomic E-state index is 13.1. The number of carbonyl (C=O) groups excluding carboxylic acids is 1. The average Bonchev–Trinajstić information content (AvgIpc) is 3.37. The monoisotopic (exact) mass is 551 g/mol. The van der Waals surface area contributed by atoms with E-state index in [1.54, 1.807) is 18.4 Å². The summed E-state index contributed by atoms with van der Waals surface area (Å²) in [4.78, 5) is 13.1. The minimum absolute atomic E-state index is 0.0786. The number of amides is 1. The molecule has 0 aliphatic carbocycles. The van der Waals surface area contributed by atoms with Gasteiger partial charge in [-0.3, -0.25) is 4.79 Å². The van der Waals surface area contributed by atoms with Gasteiger partial charge in [0.2, 0.25) is 5.91 Å². The van der Waals surface area contributed by atoms with Gasteiger partial charge >= 0.3 is 0 Å². The van der Waals surface area contributed by atoms with E-state index in [1.807, 2.05) is 61.1 Å². The minimum Gasteiger partial charge on any atom is -0.493 e. The standard InChI is InChI=1S/C33H46N2O3S/c1-4-5-6-7-8-9-10-11-12-13-14-17-24-38-32-27(19-18-22-30(32)37-3)26-31(36)34-29-21-16-15-20-28(29)33-35(2)23-25-39-33/h15-16,18-23,25H,4-14,17,24,26H2,1-3H3/p+1. The van der Waals surface area contributed by atoms with E-state index in [9.17, 15) is 4.79 Å². The van der Waals surface area contributed by atoms with Crippen LogP contribution in [0.4, 0.5) is 5.69 Å². The molecule has 0 atom stereocenters. The van der Waals surface area contributed by atoms with Crippen molar-refractivity contribution in [1.82, 2.24) is 0 Å². The number of hydrogen-bond acceptors (Lipinski definition) is 4. The Morgan fingerprint density at radius 1 is 0.872 bits per heavy atom. The summed E-state index contributed by atoms with van der Waals surface area (Å²) in [5.41, 5.74) is 2.66. The van der Waals surface area contributed by atoms with E-state index in [1.165, 1.54) is 70.6 Å². The molecule has 5 nitrogen and oxygen atoms in total. The highest BCUT2D eigenvalue weighted by molar-refractivity contribution is 7.12. The fraction of sp³-hybridized carbons (Fsp3) is 0.515. The summed E-state index contributed by atoms with van der Waals surface area (Å²) >= 11 is 1.65. The van der Waals surface area contributed by atoms with E-state index in [4.69, 9.17) is 9.47 Å². The molecule has 0 bridgehead atoms. The van der Waals surface area contributed by atoms with E-state index >= 15 is 0 Å². The molecule has 212 valence electrons. The first-order chi connectivity index (χ1) is 19.1. The number of para-hydroxylation sites is 2. The van der Waals surface area contributed by atoms with E-state index in [0.717, 1.165) is 28.2 Å². The predicted octanol–water partition coefficient (Wildman–Crippen LogP) is 8.51. The second-order valence-corrected chi connectivity index (χ2v) is 11.2. The molecule has 39 heavy (non-hydrogen) atoms. The SMILES string of the molecule is CCCCCCCCCCCCCCOc1c(CC(=O)Nc2ccccc2-c2scc[n+]2C)cccc1OC. The first kappa shape index (κ1) is 30.7. The van der Waals surface area contributed by atoms with E-state index in [2.05, 4.69) is 16.8 Å². The van der Waals surface area contributed by atoms with Gasteiger partial charge in [-0.2, -0.15) is 4.57 Å². The lowest BCUT2D eigenvalue weighted by Gasteiger charge is -2.15. The number of methoxy groups -OCH3 is 1. The zero-order chi connectivity index (χ0) is 27.7. The maximum atomic E-state index is 13.1. The summed E-state index contributed by atoms with van der Waals surface area (Å²) < 4.78 is 13.8. The smallest absolute Gasteiger partial charge is 0.270 e. The summed E-state index contributed by atoms with van der Waals surface area (Å²) in [5, 5.41) is 6.26. The highest BCUT2D eigenvalue weighted by Gasteiger charge is 2.18. The lowest BCUT2D eigenvalue weighted by atomic mass is 10.1. The Morgan fingerprint density at radius 3 is 2.18 bits per heavy atom. The summed E-state index contributed by atoms with van der Waals surface area (Å²) in [6.45, 7) is 2.90. The summed E-state index contributed by atoms with van der Waals surface area (Å²) in [5.74, 6) is 1.27. The number of anilines is 1. The van der Waals surface area contributed by atoms with Crippen molar-refractivity contribution in [3.63, 3.8) is 0 Å². The summed E-state index contributed by atoms with van der Waals surface area (Å²) in [6.07, 6.45) is 18.0. The number of aryl methyl sites for hydroxylation is 1. The molecule has 1 aromatic heterocycles. The van der Waals surface area contributed by atoms with Gasteiger partial charge in [-0.1, -0.05) is 113 Å². The molecule has 1 heterocycles. The number of carbonyl (C=O) groups is 1. The molecule has 1 N–H and O–H groups in total. The molecule has 0 aliphatic heterocycles. The Morgan fingerprint density at radius 2 is 1.54 bits per heavy atom. The van der Waals surface area contributed by atoms with Gasteiger partial charge in [0.05, 0.1) is 36.8 Å². The lowest BCUT2D eigenvalue weighted by Crippen LogP contribution is -2.27. The number of rotatable bonds is 19. The van der Waals surface area contributed by atoms with Gasteiger partial charge in [0.25, 0.3) is 5.01 Å². The molecule has 0 unspecified atom stereocenters. The number of nitrogens with zero attached hydrogens (tertiary/aromatic N) is 1. The average molecular weight is 552 g/mol. The Balaban J connectivity index is 1.45. The molecule has 0 aliphatic rings. The molecule has 6 heteroatoms. The van der Waals surface area contributed by atoms with Gasteiger partial charge in [0.15, 0.2) is 17.7 Å². The molecule has 0 radical (unpaired) electrons. The van der Waals surface area contributed by atoms with Crippen LogP contribution in [0.15, 0.2) is 54.0 Å². The fourth-order valence-corrected chi connectivity index (χ4v) is 5.78. The third-order valence-electron chi connectivity index (χ3n) is 7.09. The quantitative estimate of drug-likeness (QED) is 0.120. The van der Waals surface area contributed by atoms with Crippen LogP contribution in [0, 0.1) is 0 Å². The number of aromatic nitrogens is 1. The van der Waals surface area contributed by atoms with Crippen LogP contribution in [0.3, 0.4) is 0 Å². The number of unbranched alkanes of at least 4 members (excludes halogenated alkanes) is 11. The fourth-order valence-electron chi connectivity index (χ4n) is 4.88. The lowest BCUT2D eigenvalue weighted by molar-refractivity contribution is -0.655. The number of hydrogen-bond donors (Lipinski definition) is 1. The molecular weight excluding hydrogens is 504 g/mol. The second kappa shape index (κ2) is 17.7. The minimum atomic E-state index is -0.0786. The molecular formula is C33H47N2O3S+. The van der Waals surface area contributed by atoms with Crippen molar-refractivity contribution in [2.24, 2.45) is 7.05 Å². The van der Waals surface area contributed by atoms with Gasteiger partial charge in [0, 0.05) is 5.56 Å². The molecule has 0 saturated carbocycles. The van der Waals surface area contributed by atoms with Crippen LogP contribution in [0.25, 0.3) is 10.6 Å². The Bertz CT molecular complexity index is 1130. The maximum Gasteiger partial charge on any atom is 0.270 e. The Labute approximate surface area is 239 Å². The van der Waals surface area contributed by atoms with Crippen LogP contribution >= 0.6 is 11.3 Å². The van der Waals surface area contributed by atoms with Crippen LogP contribution in [0.5, 0.6) is 11.5 Å². The van der Waals surface area contributed by atoms with Crippen molar-refractivity contribution < 1.29 is 18.8 Å². The summed E-state index contributed by atoms with van der Waals surface area (Å²) in [7, 11) is 3.66. The summed E-state index contributed by atoms with van der Waals surface area (Å²) in [6, 6.07) is 13.7. The Hall–Kier alpha value is -2.86. The van der Waals surface area contributed by atoms with Crippen LogP contribution < -0.4 is 19.4 Å². The molecule has 0 spiro atoms. The first-order valence-electron chi connectivity index (χ1n) is 14.7. The predicted molar refractivity (Wildman–Crippen MR) is 163 cm³/mol. The van der Waals surface area contributed by atoms with Crippen LogP contribution in [-0.4, -0.2) is 19.6 Å². The zero-order valence-corrected chi connectivity index (χ0v) is 25.0. The van der Waals surface area contributed by atoms with Gasteiger partial charge < -0.3 is 14.8 Å². The molecule has 0 fully saturated rings. The number of benzene rings is 2. The van der Waals surface area contributed by atoms with Crippen molar-refractivity contribution in [2.45, 2.75) is 90.4 Å². The third kappa shape index (κ3) is 10.3. The van der Waals surface area contributed by atoms with E-state index < -0.39 is 0 Å². The molecule has 2 aromatic carbocycles. The van der Waals surface area contributed by atoms with E-state index in [-0.39, 0.29) is 12.3 Å². The highest BCUT2D eigenvalue weighted by atomic mass is 32.1. The van der Waals surface area contributed by atoms with Crippen molar-refractivity contribution in [3.8, 4) is 22.1 Å². The molecule has 1 amide bonds. The van der Waals surface area contributed by atoms with Gasteiger partial charge in [-0.25, -0.2) is 0 Å². The van der Waals surface area contributed by atoms with Crippen molar-refractivity contribution in [2.75, 3.05) is 19.0 Å². The van der Waals surface area contributed by atoms with Crippen molar-refractivity contribution in [1.29, 1.82) is 0 Å². The van der Waals surface area contributed by atoms with Crippen molar-refractivity contribution in [3.05, 3.63) is 59.6 Å².